The van der Waals surface area contributed by atoms with Gasteiger partial charge in [0.05, 0.1) is 6.57 Å². The van der Waals surface area contributed by atoms with Crippen LogP contribution in [0.2, 0.25) is 0 Å². The lowest BCUT2D eigenvalue weighted by molar-refractivity contribution is -0.570. The molecule has 0 bridgehead atoms. The molecule has 0 spiro atoms. The molecule has 27 heavy (non-hydrogen) atoms. The average molecular weight is 353 g/mol. The molecule has 2 aromatic carbocycles. The van der Waals surface area contributed by atoms with Crippen molar-refractivity contribution in [3.63, 3.8) is 0 Å². The quantitative estimate of drug-likeness (QED) is 0.361. The zero-order valence-electron chi connectivity index (χ0n) is 15.7. The van der Waals surface area contributed by atoms with Crippen LogP contribution < -0.4 is 4.57 Å². The highest BCUT2D eigenvalue weighted by molar-refractivity contribution is 5.75. The molecular weight excluding hydrogens is 332 g/mol. The van der Waals surface area contributed by atoms with E-state index >= 15 is 0 Å². The van der Waals surface area contributed by atoms with Gasteiger partial charge in [0.1, 0.15) is 17.6 Å². The number of nitrogens with zero attached hydrogens (tertiary/aromatic N) is 4. The third-order valence-corrected chi connectivity index (χ3v) is 4.73. The van der Waals surface area contributed by atoms with E-state index in [0.717, 1.165) is 22.5 Å². The van der Waals surface area contributed by atoms with Crippen LogP contribution in [0.1, 0.15) is 26.3 Å². The van der Waals surface area contributed by atoms with Gasteiger partial charge in [-0.25, -0.2) is 9.41 Å². The monoisotopic (exact) mass is 353 g/mol. The minimum atomic E-state index is 0.111. The van der Waals surface area contributed by atoms with Gasteiger partial charge in [0, 0.05) is 0 Å². The van der Waals surface area contributed by atoms with Crippen molar-refractivity contribution in [2.75, 3.05) is 0 Å². The fourth-order valence-electron chi connectivity index (χ4n) is 3.20. The second-order valence-corrected chi connectivity index (χ2v) is 7.64. The first-order chi connectivity index (χ1) is 13.0. The van der Waals surface area contributed by atoms with Gasteiger partial charge in [0.2, 0.25) is 12.0 Å². The molecule has 0 aliphatic heterocycles. The van der Waals surface area contributed by atoms with Crippen molar-refractivity contribution < 1.29 is 4.57 Å². The Labute approximate surface area is 159 Å². The summed E-state index contributed by atoms with van der Waals surface area (Å²) in [6.07, 6.45) is 3.66. The Bertz CT molecular complexity index is 1140. The molecule has 0 aliphatic rings. The van der Waals surface area contributed by atoms with Crippen molar-refractivity contribution in [3.05, 3.63) is 90.2 Å². The molecule has 2 aromatic heterocycles. The van der Waals surface area contributed by atoms with Gasteiger partial charge in [-0.15, -0.1) is 4.98 Å². The third-order valence-electron chi connectivity index (χ3n) is 4.73. The van der Waals surface area contributed by atoms with E-state index in [1.165, 1.54) is 5.56 Å². The topological polar surface area (TPSA) is 26.1 Å². The maximum absolute atomic E-state index is 7.33. The highest BCUT2D eigenvalue weighted by atomic mass is 15.2. The van der Waals surface area contributed by atoms with E-state index in [1.54, 1.807) is 6.20 Å². The summed E-state index contributed by atoms with van der Waals surface area (Å²) in [5.74, 6) is 0. The van der Waals surface area contributed by atoms with Crippen molar-refractivity contribution in [1.29, 1.82) is 0 Å². The van der Waals surface area contributed by atoms with Crippen molar-refractivity contribution in [3.8, 4) is 11.4 Å². The number of pyridine rings is 1. The van der Waals surface area contributed by atoms with E-state index in [1.807, 2.05) is 30.6 Å². The van der Waals surface area contributed by atoms with Gasteiger partial charge in [0.15, 0.2) is 5.52 Å². The number of imidazole rings is 1. The van der Waals surface area contributed by atoms with Crippen molar-refractivity contribution in [2.24, 2.45) is 0 Å². The zero-order chi connectivity index (χ0) is 19.0. The normalized spacial score (nSPS) is 11.5. The Balaban J connectivity index is 1.93. The van der Waals surface area contributed by atoms with Crippen LogP contribution in [0, 0.1) is 6.57 Å². The van der Waals surface area contributed by atoms with Gasteiger partial charge in [-0.05, 0) is 41.3 Å². The molecule has 2 heterocycles. The number of fused-ring (bicyclic) bond motifs is 1. The first-order valence-corrected chi connectivity index (χ1v) is 8.94. The van der Waals surface area contributed by atoms with Crippen molar-refractivity contribution >= 4 is 16.9 Å². The van der Waals surface area contributed by atoms with Crippen LogP contribution in [-0.4, -0.2) is 9.55 Å². The van der Waals surface area contributed by atoms with Gasteiger partial charge in [-0.1, -0.05) is 51.1 Å². The molecule has 4 nitrogen and oxygen atoms in total. The number of hydrogen-bond donors (Lipinski definition) is 0. The molecule has 0 N–H and O–H groups in total. The summed E-state index contributed by atoms with van der Waals surface area (Å²) in [5, 5.41) is 0. The maximum Gasteiger partial charge on any atom is 0.304 e. The largest absolute Gasteiger partial charge is 0.304 e. The smallest absolute Gasteiger partial charge is 0.235 e. The van der Waals surface area contributed by atoms with E-state index in [2.05, 4.69) is 76.1 Å². The van der Waals surface area contributed by atoms with E-state index in [4.69, 9.17) is 6.57 Å². The lowest BCUT2D eigenvalue weighted by Crippen LogP contribution is -2.29. The summed E-state index contributed by atoms with van der Waals surface area (Å²) in [7, 11) is 0. The molecule has 0 radical (unpaired) electrons. The van der Waals surface area contributed by atoms with Gasteiger partial charge in [0.25, 0.3) is 0 Å². The fourth-order valence-corrected chi connectivity index (χ4v) is 3.20. The minimum Gasteiger partial charge on any atom is -0.235 e. The van der Waals surface area contributed by atoms with Gasteiger partial charge in [-0.3, -0.25) is 0 Å². The van der Waals surface area contributed by atoms with E-state index < -0.39 is 0 Å². The molecule has 0 atom stereocenters. The molecule has 4 heteroatoms. The highest BCUT2D eigenvalue weighted by Gasteiger charge is 2.21. The molecule has 0 aliphatic carbocycles. The van der Waals surface area contributed by atoms with Gasteiger partial charge >= 0.3 is 5.65 Å². The lowest BCUT2D eigenvalue weighted by atomic mass is 9.87. The van der Waals surface area contributed by atoms with Crippen LogP contribution in [0.4, 0.5) is 5.69 Å². The Morgan fingerprint density at radius 3 is 2.33 bits per heavy atom. The second kappa shape index (κ2) is 6.37. The molecule has 0 unspecified atom stereocenters. The SMILES string of the molecule is [C-]#[N+]c1cnc2c(c1)n(-c1ccc(C(C)(C)C)cc1)c[n+]2-c1ccccc1. The van der Waals surface area contributed by atoms with E-state index in [9.17, 15) is 0 Å². The summed E-state index contributed by atoms with van der Waals surface area (Å²) in [6.45, 7) is 14.0. The van der Waals surface area contributed by atoms with E-state index in [-0.39, 0.29) is 5.41 Å². The Hall–Kier alpha value is -3.45. The summed E-state index contributed by atoms with van der Waals surface area (Å²) in [6, 6.07) is 20.6. The minimum absolute atomic E-state index is 0.111. The first-order valence-electron chi connectivity index (χ1n) is 8.94. The van der Waals surface area contributed by atoms with Gasteiger partial charge < -0.3 is 0 Å². The number of para-hydroxylation sites is 1. The van der Waals surface area contributed by atoms with Crippen molar-refractivity contribution in [1.82, 2.24) is 9.55 Å². The molecule has 0 fully saturated rings. The summed E-state index contributed by atoms with van der Waals surface area (Å²) >= 11 is 0. The summed E-state index contributed by atoms with van der Waals surface area (Å²) in [5.41, 5.74) is 5.76. The molecular formula is C23H21N4+. The van der Waals surface area contributed by atoms with Crippen LogP contribution in [-0.2, 0) is 5.41 Å². The number of aromatic nitrogens is 3. The molecule has 0 amide bonds. The van der Waals surface area contributed by atoms with E-state index in [0.29, 0.717) is 5.69 Å². The standard InChI is InChI=1S/C23H21N4/c1-23(2,3)17-10-12-20(13-11-17)26-16-27(19-8-6-5-7-9-19)22-21(26)14-18(24-4)15-25-22/h5-16H,1-3H3/q+1. The maximum atomic E-state index is 7.33. The zero-order valence-corrected chi connectivity index (χ0v) is 15.7. The van der Waals surface area contributed by atoms with Crippen LogP contribution in [0.25, 0.3) is 27.4 Å². The van der Waals surface area contributed by atoms with Crippen LogP contribution in [0.5, 0.6) is 0 Å². The number of benzene rings is 2. The summed E-state index contributed by atoms with van der Waals surface area (Å²) < 4.78 is 4.15. The number of rotatable bonds is 2. The van der Waals surface area contributed by atoms with Crippen molar-refractivity contribution in [2.45, 2.75) is 26.2 Å². The molecule has 4 rings (SSSR count). The Morgan fingerprint density at radius 2 is 1.70 bits per heavy atom. The Kier molecular flexibility index (Phi) is 4.01. The van der Waals surface area contributed by atoms with Crippen LogP contribution in [0.15, 0.2) is 73.2 Å². The predicted molar refractivity (Wildman–Crippen MR) is 108 cm³/mol. The predicted octanol–water partition coefficient (Wildman–Crippen LogP) is 5.15. The second-order valence-electron chi connectivity index (χ2n) is 7.64. The highest BCUT2D eigenvalue weighted by Crippen LogP contribution is 2.25. The van der Waals surface area contributed by atoms with Gasteiger partial charge in [-0.2, -0.15) is 4.57 Å². The molecule has 4 aromatic rings. The molecule has 0 saturated heterocycles. The lowest BCUT2D eigenvalue weighted by Gasteiger charge is -2.18. The van der Waals surface area contributed by atoms with Crippen LogP contribution >= 0.6 is 0 Å². The van der Waals surface area contributed by atoms with Crippen LogP contribution in [0.3, 0.4) is 0 Å². The Morgan fingerprint density at radius 1 is 1.00 bits per heavy atom. The average Bonchev–Trinajstić information content (AvgIpc) is 3.07. The fraction of sp³-hybridized carbons (Fsp3) is 0.174. The molecule has 0 saturated carbocycles. The number of hydrogen-bond acceptors (Lipinski definition) is 1. The third kappa shape index (κ3) is 3.09. The first kappa shape index (κ1) is 17.0. The summed E-state index contributed by atoms with van der Waals surface area (Å²) in [4.78, 5) is 8.11. The molecule has 132 valence electrons.